The van der Waals surface area contributed by atoms with Gasteiger partial charge in [0.25, 0.3) is 0 Å². The largest absolute Gasteiger partial charge is 0.454 e. The van der Waals surface area contributed by atoms with E-state index in [1.807, 2.05) is 71.5 Å². The second-order valence-electron chi connectivity index (χ2n) is 17.3. The molecule has 8 nitrogen and oxygen atoms in total. The maximum atomic E-state index is 6.31. The van der Waals surface area contributed by atoms with Crippen molar-refractivity contribution in [2.75, 3.05) is 0 Å². The van der Waals surface area contributed by atoms with Gasteiger partial charge in [-0.15, -0.1) is 22.7 Å². The Labute approximate surface area is 383 Å². The van der Waals surface area contributed by atoms with E-state index in [0.29, 0.717) is 23.4 Å². The van der Waals surface area contributed by atoms with Crippen molar-refractivity contribution in [3.63, 3.8) is 0 Å². The van der Waals surface area contributed by atoms with Crippen LogP contribution in [0.15, 0.2) is 94.0 Å². The molecule has 0 spiro atoms. The number of nitrogens with zero attached hydrogens (tertiary/aromatic N) is 6. The highest BCUT2D eigenvalue weighted by Gasteiger charge is 2.48. The lowest BCUT2D eigenvalue weighted by Gasteiger charge is -2.37. The summed E-state index contributed by atoms with van der Waals surface area (Å²) in [6.07, 6.45) is 16.0. The zero-order valence-corrected chi connectivity index (χ0v) is 39.2. The van der Waals surface area contributed by atoms with E-state index < -0.39 is 0 Å². The Morgan fingerprint density at radius 3 is 1.43 bits per heavy atom. The topological polar surface area (TPSA) is 104 Å². The molecule has 1 aliphatic carbocycles. The maximum absolute atomic E-state index is 6.31. The van der Waals surface area contributed by atoms with Crippen molar-refractivity contribution in [3.8, 4) is 53.5 Å². The Morgan fingerprint density at radius 2 is 1.00 bits per heavy atom. The van der Waals surface area contributed by atoms with Crippen LogP contribution in [0.1, 0.15) is 103 Å². The number of thiophene rings is 2. The lowest BCUT2D eigenvalue weighted by atomic mass is 9.65. The molecule has 0 N–H and O–H groups in total. The summed E-state index contributed by atoms with van der Waals surface area (Å²) in [7, 11) is 0. The van der Waals surface area contributed by atoms with Crippen LogP contribution in [0.4, 0.5) is 0 Å². The number of hydrogen-bond acceptors (Lipinski definition) is 12. The molecule has 0 fully saturated rings. The normalized spacial score (nSPS) is 14.3. The van der Waals surface area contributed by atoms with Crippen LogP contribution in [0.5, 0.6) is 0 Å². The summed E-state index contributed by atoms with van der Waals surface area (Å²) < 4.78 is 32.1. The first kappa shape index (κ1) is 40.6. The van der Waals surface area contributed by atoms with Crippen LogP contribution >= 0.6 is 46.1 Å². The Bertz CT molecular complexity index is 2970. The van der Waals surface area contributed by atoms with Crippen LogP contribution in [0.25, 0.3) is 97.5 Å². The van der Waals surface area contributed by atoms with Gasteiger partial charge in [-0.25, -0.2) is 9.97 Å². The zero-order chi connectivity index (χ0) is 42.7. The summed E-state index contributed by atoms with van der Waals surface area (Å²) in [5.41, 5.74) is 11.3. The average Bonchev–Trinajstić information content (AvgIpc) is 4.17. The molecule has 12 heteroatoms. The number of para-hydroxylation sites is 2. The van der Waals surface area contributed by atoms with Crippen molar-refractivity contribution < 1.29 is 8.83 Å². The van der Waals surface area contributed by atoms with E-state index in [4.69, 9.17) is 36.3 Å². The highest BCUT2D eigenvalue weighted by Crippen LogP contribution is 2.63. The molecule has 10 aromatic rings. The van der Waals surface area contributed by atoms with E-state index in [1.165, 1.54) is 105 Å². The van der Waals surface area contributed by atoms with Gasteiger partial charge in [-0.05, 0) is 72.2 Å². The van der Waals surface area contributed by atoms with Crippen LogP contribution in [0, 0.1) is 11.8 Å². The summed E-state index contributed by atoms with van der Waals surface area (Å²) in [6.45, 7) is 9.45. The molecule has 2 aromatic carbocycles. The van der Waals surface area contributed by atoms with Crippen LogP contribution in [-0.2, 0) is 5.41 Å². The molecule has 8 aromatic heterocycles. The van der Waals surface area contributed by atoms with Crippen molar-refractivity contribution in [2.45, 2.75) is 97.3 Å². The molecule has 2 atom stereocenters. The zero-order valence-electron chi connectivity index (χ0n) is 35.9. The second-order valence-corrected chi connectivity index (χ2v) is 20.5. The van der Waals surface area contributed by atoms with Crippen molar-refractivity contribution in [1.82, 2.24) is 27.5 Å². The monoisotopic (exact) mass is 904 g/mol. The van der Waals surface area contributed by atoms with Gasteiger partial charge in [0, 0.05) is 59.2 Å². The van der Waals surface area contributed by atoms with Gasteiger partial charge in [0.05, 0.1) is 23.5 Å². The Hall–Kier alpha value is -5.14. The van der Waals surface area contributed by atoms with Crippen LogP contribution in [0.3, 0.4) is 0 Å². The van der Waals surface area contributed by atoms with E-state index in [-0.39, 0.29) is 5.41 Å². The summed E-state index contributed by atoms with van der Waals surface area (Å²) in [4.78, 5) is 15.3. The molecule has 11 rings (SSSR count). The van der Waals surface area contributed by atoms with E-state index in [0.717, 1.165) is 79.4 Å². The van der Waals surface area contributed by atoms with Crippen molar-refractivity contribution in [2.24, 2.45) is 11.8 Å². The molecule has 0 aliphatic heterocycles. The minimum atomic E-state index is -0.140. The second kappa shape index (κ2) is 16.8. The van der Waals surface area contributed by atoms with Crippen LogP contribution in [0.2, 0.25) is 0 Å². The predicted molar refractivity (Wildman–Crippen MR) is 263 cm³/mol. The van der Waals surface area contributed by atoms with Crippen LogP contribution < -0.4 is 0 Å². The smallest absolute Gasteiger partial charge is 0.156 e. The summed E-state index contributed by atoms with van der Waals surface area (Å²) >= 11 is 6.27. The first-order valence-corrected chi connectivity index (χ1v) is 25.6. The highest BCUT2D eigenvalue weighted by molar-refractivity contribution is 7.26. The number of aromatic nitrogens is 6. The number of benzene rings is 2. The first-order chi connectivity index (χ1) is 31.0. The molecule has 318 valence electrons. The average molecular weight is 905 g/mol. The third-order valence-electron chi connectivity index (χ3n) is 13.5. The third-order valence-corrected chi connectivity index (χ3v) is 17.1. The van der Waals surface area contributed by atoms with Gasteiger partial charge in [-0.2, -0.15) is 17.5 Å². The Kier molecular flexibility index (Phi) is 10.8. The predicted octanol–water partition coefficient (Wildman–Crippen LogP) is 16.2. The molecular weight excluding hydrogens is 857 g/mol. The number of rotatable bonds is 16. The first-order valence-electron chi connectivity index (χ1n) is 22.5. The van der Waals surface area contributed by atoms with E-state index in [1.54, 1.807) is 0 Å². The molecule has 0 saturated carbocycles. The Balaban J connectivity index is 1.08. The molecular formula is C51H48N6O2S4. The number of unbranched alkanes of at least 4 members (excludes halogenated alkanes) is 2. The lowest BCUT2D eigenvalue weighted by molar-refractivity contribution is 0.266. The molecule has 1 aliphatic rings. The van der Waals surface area contributed by atoms with Gasteiger partial charge < -0.3 is 8.83 Å². The van der Waals surface area contributed by atoms with Crippen molar-refractivity contribution in [1.29, 1.82) is 0 Å². The fourth-order valence-electron chi connectivity index (χ4n) is 10.1. The summed E-state index contributed by atoms with van der Waals surface area (Å²) in [5.74, 6) is 2.64. The molecule has 0 radical (unpaired) electrons. The molecule has 0 amide bonds. The van der Waals surface area contributed by atoms with Gasteiger partial charge in [-0.1, -0.05) is 115 Å². The van der Waals surface area contributed by atoms with Gasteiger partial charge in [-0.3, -0.25) is 0 Å². The van der Waals surface area contributed by atoms with E-state index in [9.17, 15) is 0 Å². The quantitative estimate of drug-likeness (QED) is 0.0944. The number of pyridine rings is 2. The number of fused-ring (bicyclic) bond motifs is 7. The standard InChI is InChI=1S/C51H48N6O2S4/c1-5-9-15-29(7-3)25-51(26-30(8-4)16-10-6-2)35-23-41(33-27-52-45(47-43(33)54-62-56-47)39-21-31-17-11-13-19-37(31)58-39)60-49(35)50-36(51)24-42(61-50)34-28-53-46(48-44(34)55-63-57-48)40-22-32-18-12-14-20-38(32)59-40/h11-14,17-24,27-30H,5-10,15-16,25-26H2,1-4H3. The molecule has 2 unspecified atom stereocenters. The summed E-state index contributed by atoms with van der Waals surface area (Å²) in [5, 5.41) is 2.09. The highest BCUT2D eigenvalue weighted by atomic mass is 32.1. The fourth-order valence-corrected chi connectivity index (χ4v) is 13.9. The Morgan fingerprint density at radius 1 is 0.556 bits per heavy atom. The molecule has 63 heavy (non-hydrogen) atoms. The molecule has 8 heterocycles. The SMILES string of the molecule is CCCCC(CC)CC1(CC(CC)CCCC)c2cc(-c3cnc(-c4cc5ccccc5o4)c4nsnc34)sc2-c2sc(-c3cnc(-c4cc5ccccc5o4)c4nsnc34)cc21. The van der Waals surface area contributed by atoms with Gasteiger partial charge in [0.2, 0.25) is 0 Å². The van der Waals surface area contributed by atoms with E-state index >= 15 is 0 Å². The molecule has 0 bridgehead atoms. The van der Waals surface area contributed by atoms with Gasteiger partial charge in [0.15, 0.2) is 11.5 Å². The molecule has 0 saturated heterocycles. The number of hydrogen-bond donors (Lipinski definition) is 0. The number of furan rings is 2. The third kappa shape index (κ3) is 6.95. The minimum Gasteiger partial charge on any atom is -0.454 e. The lowest BCUT2D eigenvalue weighted by Crippen LogP contribution is -2.31. The van der Waals surface area contributed by atoms with Crippen molar-refractivity contribution >= 4 is 90.1 Å². The fraction of sp³-hybridized carbons (Fsp3) is 0.333. The summed E-state index contributed by atoms with van der Waals surface area (Å²) in [6, 6.07) is 25.3. The maximum Gasteiger partial charge on any atom is 0.156 e. The minimum absolute atomic E-state index is 0.140. The van der Waals surface area contributed by atoms with E-state index in [2.05, 4.69) is 64.1 Å². The van der Waals surface area contributed by atoms with Gasteiger partial charge in [0.1, 0.15) is 44.6 Å². The van der Waals surface area contributed by atoms with Crippen LogP contribution in [-0.4, -0.2) is 27.5 Å². The van der Waals surface area contributed by atoms with Gasteiger partial charge >= 0.3 is 0 Å². The van der Waals surface area contributed by atoms with Crippen molar-refractivity contribution in [3.05, 3.63) is 96.3 Å².